The Bertz CT molecular complexity index is 830. The van der Waals surface area contributed by atoms with E-state index in [1.165, 1.54) is 11.1 Å². The third-order valence-electron chi connectivity index (χ3n) is 6.23. The summed E-state index contributed by atoms with van der Waals surface area (Å²) in [7, 11) is -6.72. The zero-order valence-corrected chi connectivity index (χ0v) is 21.2. The van der Waals surface area contributed by atoms with Crippen LogP contribution in [0.1, 0.15) is 84.9 Å². The third kappa shape index (κ3) is 5.25. The van der Waals surface area contributed by atoms with Crippen LogP contribution < -0.4 is 9.91 Å². The number of aryl methyl sites for hydroxylation is 1. The van der Waals surface area contributed by atoms with Gasteiger partial charge in [-0.15, -0.1) is 6.42 Å². The molecule has 0 fully saturated rings. The first-order chi connectivity index (χ1) is 13.4. The van der Waals surface area contributed by atoms with Crippen molar-refractivity contribution in [2.45, 2.75) is 97.7 Å². The molecule has 0 aliphatic rings. The van der Waals surface area contributed by atoms with E-state index in [9.17, 15) is 13.0 Å². The van der Waals surface area contributed by atoms with Gasteiger partial charge in [-0.05, 0) is 51.8 Å². The van der Waals surface area contributed by atoms with Crippen molar-refractivity contribution in [1.82, 2.24) is 0 Å². The summed E-state index contributed by atoms with van der Waals surface area (Å²) in [6.45, 7) is 17.8. The lowest BCUT2D eigenvalue weighted by molar-refractivity contribution is 0.489. The lowest BCUT2D eigenvalue weighted by atomic mass is 9.95. The molecule has 0 aromatic heterocycles. The second-order valence-corrected chi connectivity index (χ2v) is 15.9. The van der Waals surface area contributed by atoms with Gasteiger partial charge in [0.05, 0.1) is 13.8 Å². The largest absolute Gasteiger partial charge is 0.357 e. The maximum Gasteiger partial charge on any atom is 0.357 e. The molecular weight excluding hydrogens is 398 g/mol. The molecule has 0 aliphatic carbocycles. The van der Waals surface area contributed by atoms with Gasteiger partial charge in [0.1, 0.15) is 0 Å². The first kappa shape index (κ1) is 25.7. The van der Waals surface area contributed by atoms with Crippen molar-refractivity contribution in [2.24, 2.45) is 0 Å². The molecule has 2 N–H and O–H groups in total. The lowest BCUT2D eigenvalue weighted by Crippen LogP contribution is -2.58. The van der Waals surface area contributed by atoms with E-state index in [2.05, 4.69) is 66.0 Å². The highest BCUT2D eigenvalue weighted by Crippen LogP contribution is 2.44. The quantitative estimate of drug-likeness (QED) is 0.281. The highest BCUT2D eigenvalue weighted by Gasteiger charge is 2.48. The smallest absolute Gasteiger partial charge is 0.269 e. The van der Waals surface area contributed by atoms with E-state index < -0.39 is 18.4 Å². The Kier molecular flexibility index (Phi) is 9.01. The second-order valence-electron chi connectivity index (χ2n) is 8.93. The molecule has 0 saturated heterocycles. The Hall–Kier alpha value is -1.29. The second kappa shape index (κ2) is 10.1. The molecule has 0 amide bonds. The molecule has 1 aromatic rings. The number of nitrogens with one attached hydrogen (secondary N) is 1. The zero-order valence-electron chi connectivity index (χ0n) is 19.4. The van der Waals surface area contributed by atoms with Crippen LogP contribution in [-0.4, -0.2) is 21.0 Å². The Morgan fingerprint density at radius 3 is 1.86 bits per heavy atom. The summed E-state index contributed by atoms with van der Waals surface area (Å²) in [5, 5.41) is 1.11. The maximum absolute atomic E-state index is 11.9. The molecule has 0 unspecified atom stereocenters. The number of rotatable bonds is 10. The Balaban J connectivity index is 4.30. The van der Waals surface area contributed by atoms with E-state index in [-0.39, 0.29) is 0 Å². The maximum atomic E-state index is 11.9. The molecular formula is C23H39NO3SSi. The van der Waals surface area contributed by atoms with Gasteiger partial charge in [-0.25, -0.2) is 0 Å². The van der Waals surface area contributed by atoms with Gasteiger partial charge >= 0.3 is 10.3 Å². The fraction of sp³-hybridized carbons (Fsp3) is 0.652. The standard InChI is InChI=1S/C23H39NO3SSi/c1-10-13-20-15-19(12-3)22(24-28(25,26)27)23(21(20)14-11-2)29(16(4)5,17(6)7)18(8)9/h3,15-18,24H,10-11,13-14H2,1-2,4-9H3,(H,25,26,27). The third-order valence-corrected chi connectivity index (χ3v) is 13.8. The molecule has 1 aromatic carbocycles. The molecule has 6 heteroatoms. The molecule has 4 nitrogen and oxygen atoms in total. The fourth-order valence-electron chi connectivity index (χ4n) is 5.50. The number of anilines is 1. The number of benzene rings is 1. The summed E-state index contributed by atoms with van der Waals surface area (Å²) in [5.74, 6) is 2.70. The summed E-state index contributed by atoms with van der Waals surface area (Å²) >= 11 is 0. The summed E-state index contributed by atoms with van der Waals surface area (Å²) in [6.07, 6.45) is 9.58. The molecule has 0 radical (unpaired) electrons. The van der Waals surface area contributed by atoms with Crippen molar-refractivity contribution in [1.29, 1.82) is 0 Å². The van der Waals surface area contributed by atoms with E-state index in [1.807, 2.05) is 6.07 Å². The predicted octanol–water partition coefficient (Wildman–Crippen LogP) is 5.67. The van der Waals surface area contributed by atoms with Crippen molar-refractivity contribution in [3.05, 3.63) is 22.8 Å². The molecule has 0 spiro atoms. The average Bonchev–Trinajstić information content (AvgIpc) is 2.57. The Morgan fingerprint density at radius 2 is 1.52 bits per heavy atom. The van der Waals surface area contributed by atoms with E-state index >= 15 is 0 Å². The first-order valence-electron chi connectivity index (χ1n) is 10.8. The minimum Gasteiger partial charge on any atom is -0.269 e. The van der Waals surface area contributed by atoms with Crippen LogP contribution in [0.2, 0.25) is 16.6 Å². The molecule has 0 atom stereocenters. The van der Waals surface area contributed by atoms with E-state index in [4.69, 9.17) is 6.42 Å². The van der Waals surface area contributed by atoms with E-state index in [0.29, 0.717) is 27.9 Å². The summed E-state index contributed by atoms with van der Waals surface area (Å²) in [6, 6.07) is 1.95. The van der Waals surface area contributed by atoms with Gasteiger partial charge in [-0.3, -0.25) is 9.27 Å². The van der Waals surface area contributed by atoms with Crippen LogP contribution >= 0.6 is 0 Å². The van der Waals surface area contributed by atoms with Gasteiger partial charge in [-0.2, -0.15) is 8.42 Å². The van der Waals surface area contributed by atoms with Crippen LogP contribution in [0, 0.1) is 12.3 Å². The topological polar surface area (TPSA) is 66.4 Å². The Labute approximate surface area is 179 Å². The van der Waals surface area contributed by atoms with E-state index in [1.54, 1.807) is 0 Å². The van der Waals surface area contributed by atoms with Crippen LogP contribution in [0.4, 0.5) is 5.69 Å². The van der Waals surface area contributed by atoms with E-state index in [0.717, 1.165) is 30.9 Å². The predicted molar refractivity (Wildman–Crippen MR) is 128 cm³/mol. The average molecular weight is 438 g/mol. The molecule has 164 valence electrons. The molecule has 1 rings (SSSR count). The van der Waals surface area contributed by atoms with Crippen molar-refractivity contribution in [3.63, 3.8) is 0 Å². The minimum absolute atomic E-state index is 0.377. The number of hydrogen-bond acceptors (Lipinski definition) is 2. The van der Waals surface area contributed by atoms with Gasteiger partial charge in [-0.1, -0.05) is 74.2 Å². The molecule has 0 bridgehead atoms. The zero-order chi connectivity index (χ0) is 22.6. The highest BCUT2D eigenvalue weighted by atomic mass is 32.2. The monoisotopic (exact) mass is 437 g/mol. The van der Waals surface area contributed by atoms with Crippen molar-refractivity contribution in [2.75, 3.05) is 4.72 Å². The van der Waals surface area contributed by atoms with Crippen LogP contribution in [0.25, 0.3) is 0 Å². The molecule has 29 heavy (non-hydrogen) atoms. The van der Waals surface area contributed by atoms with Crippen LogP contribution in [0.3, 0.4) is 0 Å². The number of terminal acetylenes is 1. The van der Waals surface area contributed by atoms with Crippen molar-refractivity contribution in [3.8, 4) is 12.3 Å². The summed E-state index contributed by atoms with van der Waals surface area (Å²) in [4.78, 5) is 0. The first-order valence-corrected chi connectivity index (χ1v) is 14.5. The minimum atomic E-state index is -4.45. The van der Waals surface area contributed by atoms with Crippen LogP contribution in [-0.2, 0) is 23.1 Å². The molecule has 0 heterocycles. The lowest BCUT2D eigenvalue weighted by Gasteiger charge is -2.46. The normalized spacial score (nSPS) is 12.7. The Morgan fingerprint density at radius 1 is 1.03 bits per heavy atom. The summed E-state index contributed by atoms with van der Waals surface area (Å²) < 4.78 is 36.0. The van der Waals surface area contributed by atoms with Gasteiger partial charge in [0, 0.05) is 5.56 Å². The fourth-order valence-corrected chi connectivity index (χ4v) is 13.2. The van der Waals surface area contributed by atoms with Crippen molar-refractivity contribution >= 4 is 29.3 Å². The molecule has 0 aliphatic heterocycles. The summed E-state index contributed by atoms with van der Waals surface area (Å²) in [5.41, 5.74) is 4.55. The van der Waals surface area contributed by atoms with Gasteiger partial charge < -0.3 is 0 Å². The van der Waals surface area contributed by atoms with Crippen molar-refractivity contribution < 1.29 is 13.0 Å². The SMILES string of the molecule is C#Cc1cc(CCC)c(CCC)c([Si](C(C)C)(C(C)C)C(C)C)c1NS(=O)(=O)O. The highest BCUT2D eigenvalue weighted by molar-refractivity contribution is 7.87. The van der Waals surface area contributed by atoms with Gasteiger partial charge in [0.25, 0.3) is 0 Å². The van der Waals surface area contributed by atoms with Crippen LogP contribution in [0.15, 0.2) is 6.07 Å². The molecule has 0 saturated carbocycles. The van der Waals surface area contributed by atoms with Crippen LogP contribution in [0.5, 0.6) is 0 Å². The number of hydrogen-bond donors (Lipinski definition) is 2. The van der Waals surface area contributed by atoms with Gasteiger partial charge in [0.15, 0.2) is 0 Å². The van der Waals surface area contributed by atoms with Gasteiger partial charge in [0.2, 0.25) is 0 Å².